The van der Waals surface area contributed by atoms with Crippen LogP contribution < -0.4 is 15.5 Å². The second-order valence-corrected chi connectivity index (χ2v) is 6.55. The van der Waals surface area contributed by atoms with Gasteiger partial charge in [0.05, 0.1) is 19.0 Å². The highest BCUT2D eigenvalue weighted by Crippen LogP contribution is 2.17. The quantitative estimate of drug-likeness (QED) is 0.392. The van der Waals surface area contributed by atoms with Crippen molar-refractivity contribution in [3.05, 3.63) is 77.6 Å². The van der Waals surface area contributed by atoms with Crippen molar-refractivity contribution in [1.82, 2.24) is 9.99 Å². The maximum absolute atomic E-state index is 5.32. The SMILES string of the molecule is COc1ccc(-n2cccc2/C=N/NC(=S)Nc2ccc(C)cc2C)cc1. The summed E-state index contributed by atoms with van der Waals surface area (Å²) in [6.45, 7) is 4.11. The Kier molecular flexibility index (Phi) is 5.88. The molecule has 27 heavy (non-hydrogen) atoms. The molecule has 0 amide bonds. The molecule has 0 fully saturated rings. The first-order chi connectivity index (χ1) is 13.1. The van der Waals surface area contributed by atoms with Crippen molar-refractivity contribution in [2.45, 2.75) is 13.8 Å². The average Bonchev–Trinajstić information content (AvgIpc) is 3.12. The van der Waals surface area contributed by atoms with Crippen LogP contribution >= 0.6 is 12.2 Å². The predicted octanol–water partition coefficient (Wildman–Crippen LogP) is 4.42. The van der Waals surface area contributed by atoms with Crippen molar-refractivity contribution < 1.29 is 4.74 Å². The first kappa shape index (κ1) is 18.7. The van der Waals surface area contributed by atoms with Gasteiger partial charge >= 0.3 is 0 Å². The number of nitrogens with zero attached hydrogens (tertiary/aromatic N) is 2. The molecule has 3 rings (SSSR count). The second kappa shape index (κ2) is 8.51. The van der Waals surface area contributed by atoms with Crippen LogP contribution in [-0.4, -0.2) is 23.0 Å². The topological polar surface area (TPSA) is 50.6 Å². The van der Waals surface area contributed by atoms with Gasteiger partial charge in [-0.1, -0.05) is 17.7 Å². The van der Waals surface area contributed by atoms with E-state index >= 15 is 0 Å². The smallest absolute Gasteiger partial charge is 0.191 e. The van der Waals surface area contributed by atoms with Gasteiger partial charge in [0, 0.05) is 17.6 Å². The number of anilines is 1. The van der Waals surface area contributed by atoms with Gasteiger partial charge in [0.15, 0.2) is 5.11 Å². The summed E-state index contributed by atoms with van der Waals surface area (Å²) in [5.41, 5.74) is 8.14. The summed E-state index contributed by atoms with van der Waals surface area (Å²) in [5.74, 6) is 0.825. The molecular weight excluding hydrogens is 356 g/mol. The number of aromatic nitrogens is 1. The largest absolute Gasteiger partial charge is 0.497 e. The van der Waals surface area contributed by atoms with Crippen molar-refractivity contribution in [1.29, 1.82) is 0 Å². The molecule has 0 aliphatic rings. The lowest BCUT2D eigenvalue weighted by Crippen LogP contribution is -2.24. The van der Waals surface area contributed by atoms with E-state index in [2.05, 4.69) is 28.8 Å². The van der Waals surface area contributed by atoms with Crippen LogP contribution in [0.5, 0.6) is 5.75 Å². The van der Waals surface area contributed by atoms with Crippen molar-refractivity contribution in [3.8, 4) is 11.4 Å². The third kappa shape index (κ3) is 4.74. The number of hydrogen-bond acceptors (Lipinski definition) is 3. The molecule has 6 heteroatoms. The predicted molar refractivity (Wildman–Crippen MR) is 115 cm³/mol. The minimum atomic E-state index is 0.445. The number of methoxy groups -OCH3 is 1. The van der Waals surface area contributed by atoms with E-state index in [0.29, 0.717) is 5.11 Å². The van der Waals surface area contributed by atoms with Crippen LogP contribution in [0.2, 0.25) is 0 Å². The average molecular weight is 379 g/mol. The summed E-state index contributed by atoms with van der Waals surface area (Å²) in [5, 5.41) is 7.86. The van der Waals surface area contributed by atoms with Gasteiger partial charge in [-0.05, 0) is 74.1 Å². The van der Waals surface area contributed by atoms with Crippen LogP contribution in [0.3, 0.4) is 0 Å². The molecule has 2 aromatic carbocycles. The summed E-state index contributed by atoms with van der Waals surface area (Å²) in [6.07, 6.45) is 3.72. The van der Waals surface area contributed by atoms with Crippen LogP contribution in [-0.2, 0) is 0 Å². The van der Waals surface area contributed by atoms with Crippen molar-refractivity contribution >= 4 is 29.2 Å². The Balaban J connectivity index is 1.64. The van der Waals surface area contributed by atoms with Gasteiger partial charge in [-0.2, -0.15) is 5.10 Å². The monoisotopic (exact) mass is 378 g/mol. The van der Waals surface area contributed by atoms with E-state index in [1.54, 1.807) is 13.3 Å². The molecule has 0 unspecified atom stereocenters. The molecule has 0 spiro atoms. The van der Waals surface area contributed by atoms with Gasteiger partial charge in [-0.3, -0.25) is 5.43 Å². The summed E-state index contributed by atoms with van der Waals surface area (Å²) in [4.78, 5) is 0. The molecule has 3 aromatic rings. The highest BCUT2D eigenvalue weighted by Gasteiger charge is 2.03. The number of hydrazone groups is 1. The molecule has 0 radical (unpaired) electrons. The lowest BCUT2D eigenvalue weighted by atomic mass is 10.1. The molecular formula is C21H22N4OS. The molecule has 0 atom stereocenters. The number of benzene rings is 2. The fourth-order valence-electron chi connectivity index (χ4n) is 2.74. The Bertz CT molecular complexity index is 961. The van der Waals surface area contributed by atoms with E-state index in [0.717, 1.165) is 28.4 Å². The van der Waals surface area contributed by atoms with Crippen LogP contribution in [0.4, 0.5) is 5.69 Å². The molecule has 1 aromatic heterocycles. The number of nitrogens with one attached hydrogen (secondary N) is 2. The van der Waals surface area contributed by atoms with Crippen molar-refractivity contribution in [2.24, 2.45) is 5.10 Å². The molecule has 0 aliphatic carbocycles. The van der Waals surface area contributed by atoms with E-state index in [1.165, 1.54) is 5.56 Å². The first-order valence-electron chi connectivity index (χ1n) is 8.56. The number of hydrogen-bond donors (Lipinski definition) is 2. The third-order valence-corrected chi connectivity index (χ3v) is 4.32. The van der Waals surface area contributed by atoms with E-state index < -0.39 is 0 Å². The normalized spacial score (nSPS) is 10.8. The van der Waals surface area contributed by atoms with Gasteiger partial charge in [0.2, 0.25) is 0 Å². The van der Waals surface area contributed by atoms with Crippen LogP contribution in [0.15, 0.2) is 65.9 Å². The fraction of sp³-hybridized carbons (Fsp3) is 0.143. The van der Waals surface area contributed by atoms with Crippen molar-refractivity contribution in [2.75, 3.05) is 12.4 Å². The molecule has 0 saturated heterocycles. The minimum absolute atomic E-state index is 0.445. The molecule has 138 valence electrons. The van der Waals surface area contributed by atoms with Crippen LogP contribution in [0.25, 0.3) is 5.69 Å². The van der Waals surface area contributed by atoms with E-state index in [1.807, 2.05) is 66.2 Å². The van der Waals surface area contributed by atoms with Crippen LogP contribution in [0, 0.1) is 13.8 Å². The van der Waals surface area contributed by atoms with E-state index in [4.69, 9.17) is 17.0 Å². The summed E-state index contributed by atoms with van der Waals surface area (Å²) in [7, 11) is 1.66. The number of thiocarbonyl (C=S) groups is 1. The minimum Gasteiger partial charge on any atom is -0.497 e. The zero-order chi connectivity index (χ0) is 19.2. The zero-order valence-corrected chi connectivity index (χ0v) is 16.4. The Morgan fingerprint density at radius 3 is 2.59 bits per heavy atom. The standard InChI is InChI=1S/C21H22N4OS/c1-15-6-11-20(16(2)13-15)23-21(27)24-22-14-18-5-4-12-25(18)17-7-9-19(26-3)10-8-17/h4-14H,1-3H3,(H2,23,24,27)/b22-14+. The summed E-state index contributed by atoms with van der Waals surface area (Å²) >= 11 is 5.32. The highest BCUT2D eigenvalue weighted by atomic mass is 32.1. The molecule has 0 bridgehead atoms. The third-order valence-electron chi connectivity index (χ3n) is 4.12. The first-order valence-corrected chi connectivity index (χ1v) is 8.97. The highest BCUT2D eigenvalue weighted by molar-refractivity contribution is 7.80. The summed E-state index contributed by atoms with van der Waals surface area (Å²) in [6, 6.07) is 18.0. The van der Waals surface area contributed by atoms with Crippen LogP contribution in [0.1, 0.15) is 16.8 Å². The van der Waals surface area contributed by atoms with Gasteiger partial charge in [0.1, 0.15) is 5.75 Å². The Morgan fingerprint density at radius 2 is 1.89 bits per heavy atom. The fourth-order valence-corrected chi connectivity index (χ4v) is 2.90. The number of rotatable bonds is 5. The van der Waals surface area contributed by atoms with E-state index in [-0.39, 0.29) is 0 Å². The Morgan fingerprint density at radius 1 is 1.11 bits per heavy atom. The Labute approximate surface area is 164 Å². The van der Waals surface area contributed by atoms with E-state index in [9.17, 15) is 0 Å². The maximum atomic E-state index is 5.32. The second-order valence-electron chi connectivity index (χ2n) is 6.14. The number of aryl methyl sites for hydroxylation is 2. The maximum Gasteiger partial charge on any atom is 0.191 e. The lowest BCUT2D eigenvalue weighted by Gasteiger charge is -2.10. The van der Waals surface area contributed by atoms with Gasteiger partial charge in [-0.25, -0.2) is 0 Å². The van der Waals surface area contributed by atoms with Crippen molar-refractivity contribution in [3.63, 3.8) is 0 Å². The Hall–Kier alpha value is -3.12. The number of ether oxygens (including phenoxy) is 1. The summed E-state index contributed by atoms with van der Waals surface area (Å²) < 4.78 is 7.24. The molecule has 2 N–H and O–H groups in total. The van der Waals surface area contributed by atoms with Gasteiger partial charge in [0.25, 0.3) is 0 Å². The molecule has 1 heterocycles. The zero-order valence-electron chi connectivity index (χ0n) is 15.6. The molecule has 0 aliphatic heterocycles. The van der Waals surface area contributed by atoms with Gasteiger partial charge < -0.3 is 14.6 Å². The molecule has 0 saturated carbocycles. The molecule has 5 nitrogen and oxygen atoms in total. The lowest BCUT2D eigenvalue weighted by molar-refractivity contribution is 0.415. The van der Waals surface area contributed by atoms with Gasteiger partial charge in [-0.15, -0.1) is 0 Å².